The number of nitrogens with one attached hydrogen (secondary N) is 1. The molecule has 2 aromatic carbocycles. The van der Waals surface area contributed by atoms with Crippen LogP contribution in [0.25, 0.3) is 0 Å². The van der Waals surface area contributed by atoms with Crippen molar-refractivity contribution in [3.63, 3.8) is 0 Å². The SMILES string of the molecule is COc1ccc(N2CC[NH+](CN3C(=O)C4(OCCO4)c4ccccc43)CC2)cc1. The lowest BCUT2D eigenvalue weighted by Crippen LogP contribution is -3.16. The van der Waals surface area contributed by atoms with Gasteiger partial charge < -0.3 is 24.0 Å². The van der Waals surface area contributed by atoms with E-state index >= 15 is 0 Å². The van der Waals surface area contributed by atoms with Crippen molar-refractivity contribution in [2.24, 2.45) is 0 Å². The Labute approximate surface area is 170 Å². The molecule has 0 saturated carbocycles. The fourth-order valence-electron chi connectivity index (χ4n) is 4.49. The second-order valence-corrected chi connectivity index (χ2v) is 7.66. The largest absolute Gasteiger partial charge is 0.497 e. The van der Waals surface area contributed by atoms with Crippen LogP contribution in [0.2, 0.25) is 0 Å². The number of hydrogen-bond acceptors (Lipinski definition) is 5. The van der Waals surface area contributed by atoms with E-state index in [-0.39, 0.29) is 5.91 Å². The van der Waals surface area contributed by atoms with Crippen molar-refractivity contribution in [1.82, 2.24) is 0 Å². The summed E-state index contributed by atoms with van der Waals surface area (Å²) in [5.41, 5.74) is 2.95. The summed E-state index contributed by atoms with van der Waals surface area (Å²) in [6.45, 7) is 5.34. The van der Waals surface area contributed by atoms with Gasteiger partial charge in [-0.25, -0.2) is 0 Å². The Bertz CT molecular complexity index is 887. The van der Waals surface area contributed by atoms with Gasteiger partial charge in [0.25, 0.3) is 11.7 Å². The third kappa shape index (κ3) is 3.06. The van der Waals surface area contributed by atoms with Crippen molar-refractivity contribution >= 4 is 17.3 Å². The number of rotatable bonds is 4. The molecule has 2 aromatic rings. The molecule has 0 atom stereocenters. The van der Waals surface area contributed by atoms with Crippen molar-refractivity contribution in [3.8, 4) is 5.75 Å². The molecule has 152 valence electrons. The number of hydrogen-bond donors (Lipinski definition) is 1. The topological polar surface area (TPSA) is 55.7 Å². The fraction of sp³-hybridized carbons (Fsp3) is 0.409. The van der Waals surface area contributed by atoms with Crippen LogP contribution in [-0.2, 0) is 20.1 Å². The van der Waals surface area contributed by atoms with Gasteiger partial charge in [0.1, 0.15) is 5.75 Å². The van der Waals surface area contributed by atoms with Gasteiger partial charge in [0.2, 0.25) is 0 Å². The van der Waals surface area contributed by atoms with Crippen LogP contribution >= 0.6 is 0 Å². The number of piperazine rings is 1. The Morgan fingerprint density at radius 3 is 2.41 bits per heavy atom. The predicted octanol–water partition coefficient (Wildman–Crippen LogP) is 0.604. The number of amides is 1. The number of carbonyl (C=O) groups is 1. The first-order valence-corrected chi connectivity index (χ1v) is 10.1. The maximum atomic E-state index is 13.2. The van der Waals surface area contributed by atoms with Gasteiger partial charge in [-0.05, 0) is 30.3 Å². The molecule has 5 rings (SSSR count). The monoisotopic (exact) mass is 396 g/mol. The van der Waals surface area contributed by atoms with Crippen LogP contribution < -0.4 is 19.4 Å². The summed E-state index contributed by atoms with van der Waals surface area (Å²) >= 11 is 0. The molecule has 2 saturated heterocycles. The van der Waals surface area contributed by atoms with E-state index in [9.17, 15) is 4.79 Å². The van der Waals surface area contributed by atoms with Crippen LogP contribution in [0.15, 0.2) is 48.5 Å². The lowest BCUT2D eigenvalue weighted by Gasteiger charge is -2.35. The number of carbonyl (C=O) groups excluding carboxylic acids is 1. The Morgan fingerprint density at radius 1 is 1.03 bits per heavy atom. The molecule has 7 nitrogen and oxygen atoms in total. The third-order valence-electron chi connectivity index (χ3n) is 6.06. The minimum atomic E-state index is -1.24. The summed E-state index contributed by atoms with van der Waals surface area (Å²) < 4.78 is 16.9. The highest BCUT2D eigenvalue weighted by molar-refractivity contribution is 6.06. The first-order chi connectivity index (χ1) is 14.2. The molecule has 7 heteroatoms. The summed E-state index contributed by atoms with van der Waals surface area (Å²) in [7, 11) is 1.68. The van der Waals surface area contributed by atoms with E-state index < -0.39 is 5.79 Å². The Hall–Kier alpha value is -2.61. The number of ether oxygens (including phenoxy) is 3. The average Bonchev–Trinajstić information content (AvgIpc) is 3.36. The predicted molar refractivity (Wildman–Crippen MR) is 108 cm³/mol. The maximum Gasteiger partial charge on any atom is 0.296 e. The molecule has 2 fully saturated rings. The van der Waals surface area contributed by atoms with Crippen molar-refractivity contribution in [2.45, 2.75) is 5.79 Å². The van der Waals surface area contributed by atoms with Gasteiger partial charge in [0, 0.05) is 11.3 Å². The van der Waals surface area contributed by atoms with E-state index in [1.54, 1.807) is 7.11 Å². The average molecular weight is 396 g/mol. The lowest BCUT2D eigenvalue weighted by molar-refractivity contribution is -0.899. The quantitative estimate of drug-likeness (QED) is 0.821. The number of methoxy groups -OCH3 is 1. The highest BCUT2D eigenvalue weighted by atomic mass is 16.7. The zero-order valence-electron chi connectivity index (χ0n) is 16.6. The highest BCUT2D eigenvalue weighted by Gasteiger charge is 2.56. The van der Waals surface area contributed by atoms with Crippen molar-refractivity contribution in [1.29, 1.82) is 0 Å². The second kappa shape index (κ2) is 7.33. The number of nitrogens with zero attached hydrogens (tertiary/aromatic N) is 2. The third-order valence-corrected chi connectivity index (χ3v) is 6.06. The summed E-state index contributed by atoms with van der Waals surface area (Å²) in [5, 5.41) is 0. The van der Waals surface area contributed by atoms with Gasteiger partial charge in [0.05, 0.1) is 52.2 Å². The first-order valence-electron chi connectivity index (χ1n) is 10.1. The van der Waals surface area contributed by atoms with Crippen LogP contribution in [0.4, 0.5) is 11.4 Å². The number of fused-ring (bicyclic) bond motifs is 2. The minimum Gasteiger partial charge on any atom is -0.497 e. The summed E-state index contributed by atoms with van der Waals surface area (Å²) in [5.74, 6) is -0.461. The van der Waals surface area contributed by atoms with Gasteiger partial charge in [-0.2, -0.15) is 0 Å². The molecule has 0 radical (unpaired) electrons. The van der Waals surface area contributed by atoms with E-state index in [2.05, 4.69) is 17.0 Å². The Morgan fingerprint density at radius 2 is 1.72 bits per heavy atom. The van der Waals surface area contributed by atoms with E-state index in [1.807, 2.05) is 41.3 Å². The minimum absolute atomic E-state index is 0.0960. The van der Waals surface area contributed by atoms with Crippen molar-refractivity contribution in [2.75, 3.05) is 63.0 Å². The Kier molecular flexibility index (Phi) is 4.66. The number of para-hydroxylation sites is 1. The zero-order valence-corrected chi connectivity index (χ0v) is 16.6. The van der Waals surface area contributed by atoms with Crippen molar-refractivity contribution < 1.29 is 23.9 Å². The van der Waals surface area contributed by atoms with Gasteiger partial charge in [0.15, 0.2) is 6.67 Å². The zero-order chi connectivity index (χ0) is 19.8. The maximum absolute atomic E-state index is 13.2. The molecule has 1 spiro atoms. The summed E-state index contributed by atoms with van der Waals surface area (Å²) in [6.07, 6.45) is 0. The highest BCUT2D eigenvalue weighted by Crippen LogP contribution is 2.45. The van der Waals surface area contributed by atoms with Crippen LogP contribution in [0, 0.1) is 0 Å². The van der Waals surface area contributed by atoms with E-state index in [0.29, 0.717) is 19.9 Å². The number of benzene rings is 2. The molecule has 3 heterocycles. The molecule has 1 N–H and O–H groups in total. The van der Waals surface area contributed by atoms with E-state index in [0.717, 1.165) is 43.2 Å². The summed E-state index contributed by atoms with van der Waals surface area (Å²) in [4.78, 5) is 18.9. The molecular formula is C22H26N3O4+. The standard InChI is InChI=1S/C22H25N3O4/c1-27-18-8-6-17(7-9-18)24-12-10-23(11-13-24)16-25-20-5-3-2-4-19(20)22(21(25)26)28-14-15-29-22/h2-9H,10-16H2,1H3/p+1. The van der Waals surface area contributed by atoms with Gasteiger partial charge in [-0.1, -0.05) is 18.2 Å². The van der Waals surface area contributed by atoms with Crippen molar-refractivity contribution in [3.05, 3.63) is 54.1 Å². The smallest absolute Gasteiger partial charge is 0.296 e. The number of quaternary nitrogens is 1. The molecular weight excluding hydrogens is 370 g/mol. The lowest BCUT2D eigenvalue weighted by atomic mass is 10.1. The van der Waals surface area contributed by atoms with E-state index in [4.69, 9.17) is 14.2 Å². The molecule has 0 aliphatic carbocycles. The number of anilines is 2. The molecule has 0 unspecified atom stereocenters. The molecule has 1 amide bonds. The van der Waals surface area contributed by atoms with E-state index in [1.165, 1.54) is 10.6 Å². The van der Waals surface area contributed by atoms with Crippen LogP contribution in [0.3, 0.4) is 0 Å². The summed E-state index contributed by atoms with van der Waals surface area (Å²) in [6, 6.07) is 16.0. The van der Waals surface area contributed by atoms with Gasteiger partial charge >= 0.3 is 0 Å². The normalized spacial score (nSPS) is 21.1. The van der Waals surface area contributed by atoms with Gasteiger partial charge in [-0.3, -0.25) is 9.69 Å². The van der Waals surface area contributed by atoms with Crippen LogP contribution in [0.5, 0.6) is 5.75 Å². The molecule has 3 aliphatic rings. The molecule has 0 bridgehead atoms. The Balaban J connectivity index is 1.27. The molecule has 0 aromatic heterocycles. The first kappa shape index (κ1) is 18.4. The fourth-order valence-corrected chi connectivity index (χ4v) is 4.49. The van der Waals surface area contributed by atoms with Crippen LogP contribution in [0.1, 0.15) is 5.56 Å². The van der Waals surface area contributed by atoms with Crippen LogP contribution in [-0.4, -0.2) is 59.1 Å². The van der Waals surface area contributed by atoms with Gasteiger partial charge in [-0.15, -0.1) is 0 Å². The molecule has 3 aliphatic heterocycles. The second-order valence-electron chi connectivity index (χ2n) is 7.66. The molecule has 29 heavy (non-hydrogen) atoms.